The zero-order valence-corrected chi connectivity index (χ0v) is 23.2. The first-order chi connectivity index (χ1) is 17.7. The van der Waals surface area contributed by atoms with Crippen LogP contribution in [0.2, 0.25) is 5.02 Å². The zero-order valence-electron chi connectivity index (χ0n) is 19.3. The van der Waals surface area contributed by atoms with E-state index >= 15 is 0 Å². The molecule has 2 aromatic carbocycles. The summed E-state index contributed by atoms with van der Waals surface area (Å²) in [6.45, 7) is 1.03. The van der Waals surface area contributed by atoms with E-state index in [0.717, 1.165) is 31.2 Å². The molecular formula is C23H16Br2ClF9N2O2. The van der Waals surface area contributed by atoms with Crippen molar-refractivity contribution in [1.82, 2.24) is 10.6 Å². The van der Waals surface area contributed by atoms with Crippen LogP contribution in [0, 0.1) is 0 Å². The van der Waals surface area contributed by atoms with Gasteiger partial charge in [0.15, 0.2) is 0 Å². The third kappa shape index (κ3) is 9.71. The third-order valence-corrected chi connectivity index (χ3v) is 6.99. The Morgan fingerprint density at radius 3 is 2.00 bits per heavy atom. The van der Waals surface area contributed by atoms with E-state index in [1.54, 1.807) is 5.32 Å². The number of carbonyl (C=O) groups excluding carboxylic acids is 2. The lowest BCUT2D eigenvalue weighted by molar-refractivity contribution is -0.154. The molecule has 0 aromatic heterocycles. The van der Waals surface area contributed by atoms with Gasteiger partial charge in [0, 0.05) is 8.95 Å². The summed E-state index contributed by atoms with van der Waals surface area (Å²) >= 11 is 12.0. The van der Waals surface area contributed by atoms with Crippen LogP contribution < -0.4 is 10.6 Å². The minimum absolute atomic E-state index is 0.113. The van der Waals surface area contributed by atoms with E-state index in [1.807, 2.05) is 5.32 Å². The predicted octanol–water partition coefficient (Wildman–Crippen LogP) is 8.39. The van der Waals surface area contributed by atoms with Crippen molar-refractivity contribution >= 4 is 61.4 Å². The molecule has 0 saturated carbocycles. The number of hydrogen-bond donors (Lipinski definition) is 2. The van der Waals surface area contributed by atoms with E-state index in [1.165, 1.54) is 0 Å². The van der Waals surface area contributed by atoms with Gasteiger partial charge in [-0.15, -0.1) is 0 Å². The highest BCUT2D eigenvalue weighted by Gasteiger charge is 2.40. The molecule has 0 saturated heterocycles. The second-order valence-electron chi connectivity index (χ2n) is 8.03. The molecule has 0 heterocycles. The van der Waals surface area contributed by atoms with Crippen LogP contribution in [0.3, 0.4) is 0 Å². The van der Waals surface area contributed by atoms with Gasteiger partial charge in [0.2, 0.25) is 5.91 Å². The standard InChI is InChI=1S/C23H16Br2ClF9N2O2/c1-10(36-18(38)9-21(27,28)29)37-20(39)13-4-2-11(6-15(13)23(33,34)35)3-5-14(22(30,31)32)12-7-16(24)19(26)17(25)8-12/h2-8,10,14H,9H2,1H3,(H,36,38)(H,37,39)/b5-3+/t10-,14?/m1/s1. The minimum atomic E-state index is -5.13. The van der Waals surface area contributed by atoms with Crippen molar-refractivity contribution in [2.24, 2.45) is 0 Å². The molecule has 4 nitrogen and oxygen atoms in total. The fraction of sp³-hybridized carbons (Fsp3) is 0.304. The second kappa shape index (κ2) is 12.5. The highest BCUT2D eigenvalue weighted by atomic mass is 79.9. The van der Waals surface area contributed by atoms with Crippen molar-refractivity contribution in [2.45, 2.75) is 44.0 Å². The monoisotopic (exact) mass is 716 g/mol. The highest BCUT2D eigenvalue weighted by molar-refractivity contribution is 9.11. The number of hydrogen-bond acceptors (Lipinski definition) is 2. The van der Waals surface area contributed by atoms with E-state index < -0.39 is 60.0 Å². The van der Waals surface area contributed by atoms with Gasteiger partial charge in [-0.2, -0.15) is 39.5 Å². The minimum Gasteiger partial charge on any atom is -0.336 e. The van der Waals surface area contributed by atoms with Gasteiger partial charge in [0.05, 0.1) is 28.2 Å². The van der Waals surface area contributed by atoms with Crippen LogP contribution in [0.1, 0.15) is 46.3 Å². The van der Waals surface area contributed by atoms with Gasteiger partial charge in [0.25, 0.3) is 5.91 Å². The molecular weight excluding hydrogens is 703 g/mol. The summed E-state index contributed by atoms with van der Waals surface area (Å²) in [5, 5.41) is 3.82. The Hall–Kier alpha value is -2.26. The van der Waals surface area contributed by atoms with E-state index in [2.05, 4.69) is 31.9 Å². The van der Waals surface area contributed by atoms with Gasteiger partial charge >= 0.3 is 18.5 Å². The Morgan fingerprint density at radius 2 is 1.51 bits per heavy atom. The number of alkyl halides is 9. The lowest BCUT2D eigenvalue weighted by Gasteiger charge is -2.19. The van der Waals surface area contributed by atoms with Crippen LogP contribution in [0.4, 0.5) is 39.5 Å². The van der Waals surface area contributed by atoms with Crippen LogP contribution in [-0.2, 0) is 11.0 Å². The maximum Gasteiger partial charge on any atom is 0.417 e. The highest BCUT2D eigenvalue weighted by Crippen LogP contribution is 2.41. The first kappa shape index (κ1) is 32.9. The van der Waals surface area contributed by atoms with Gasteiger partial charge < -0.3 is 10.6 Å². The lowest BCUT2D eigenvalue weighted by atomic mass is 9.96. The molecule has 39 heavy (non-hydrogen) atoms. The Bertz CT molecular complexity index is 1240. The molecule has 2 rings (SSSR count). The SMILES string of the molecule is C[C@H](NC(=O)CC(F)(F)F)NC(=O)c1ccc(/C=C/C(c2cc(Br)c(Cl)c(Br)c2)C(F)(F)F)cc1C(F)(F)F. The maximum absolute atomic E-state index is 13.8. The molecule has 2 atom stereocenters. The molecule has 0 radical (unpaired) electrons. The van der Waals surface area contributed by atoms with E-state index in [0.29, 0.717) is 18.2 Å². The molecule has 0 bridgehead atoms. The normalized spacial score (nSPS) is 14.3. The van der Waals surface area contributed by atoms with Gasteiger partial charge in [0.1, 0.15) is 6.42 Å². The van der Waals surface area contributed by atoms with Crippen molar-refractivity contribution in [1.29, 1.82) is 0 Å². The largest absolute Gasteiger partial charge is 0.417 e. The molecule has 214 valence electrons. The van der Waals surface area contributed by atoms with Crippen LogP contribution in [0.25, 0.3) is 6.08 Å². The number of allylic oxidation sites excluding steroid dienone is 1. The quantitative estimate of drug-likeness (QED) is 0.172. The van der Waals surface area contributed by atoms with Crippen LogP contribution >= 0.6 is 43.5 Å². The molecule has 2 N–H and O–H groups in total. The Labute approximate surface area is 237 Å². The number of nitrogens with one attached hydrogen (secondary N) is 2. The number of benzene rings is 2. The molecule has 0 aliphatic rings. The molecule has 0 aliphatic carbocycles. The zero-order chi connectivity index (χ0) is 29.9. The van der Waals surface area contributed by atoms with Gasteiger partial charge in [-0.25, -0.2) is 0 Å². The Morgan fingerprint density at radius 1 is 0.949 bits per heavy atom. The van der Waals surface area contributed by atoms with Crippen molar-refractivity contribution in [3.8, 4) is 0 Å². The molecule has 2 aromatic rings. The van der Waals surface area contributed by atoms with Crippen molar-refractivity contribution < 1.29 is 49.1 Å². The summed E-state index contributed by atoms with van der Waals surface area (Å²) in [5.41, 5.74) is -3.08. The molecule has 1 unspecified atom stereocenters. The summed E-state index contributed by atoms with van der Waals surface area (Å²) in [7, 11) is 0. The molecule has 0 aliphatic heterocycles. The van der Waals surface area contributed by atoms with Crippen molar-refractivity contribution in [2.75, 3.05) is 0 Å². The molecule has 0 fully saturated rings. The van der Waals surface area contributed by atoms with Gasteiger partial charge in [-0.3, -0.25) is 9.59 Å². The summed E-state index contributed by atoms with van der Waals surface area (Å²) in [6.07, 6.45) is -16.7. The second-order valence-corrected chi connectivity index (χ2v) is 10.1. The summed E-state index contributed by atoms with van der Waals surface area (Å²) in [6, 6.07) is 4.31. The van der Waals surface area contributed by atoms with Crippen LogP contribution in [0.15, 0.2) is 45.4 Å². The molecule has 0 spiro atoms. The molecule has 16 heteroatoms. The number of carbonyl (C=O) groups is 2. The van der Waals surface area contributed by atoms with Crippen molar-refractivity contribution in [3.05, 3.63) is 72.6 Å². The van der Waals surface area contributed by atoms with Crippen LogP contribution in [-0.4, -0.2) is 30.3 Å². The number of amides is 2. The Kier molecular flexibility index (Phi) is 10.6. The first-order valence-corrected chi connectivity index (χ1v) is 12.4. The summed E-state index contributed by atoms with van der Waals surface area (Å²) < 4.78 is 120. The molecule has 2 amide bonds. The Balaban J connectivity index is 2.36. The number of halogens is 12. The average molecular weight is 719 g/mol. The van der Waals surface area contributed by atoms with Gasteiger partial charge in [-0.1, -0.05) is 29.8 Å². The van der Waals surface area contributed by atoms with Gasteiger partial charge in [-0.05, 0) is 74.2 Å². The predicted molar refractivity (Wildman–Crippen MR) is 132 cm³/mol. The average Bonchev–Trinajstić information content (AvgIpc) is 2.74. The fourth-order valence-corrected chi connectivity index (χ4v) is 4.59. The van der Waals surface area contributed by atoms with E-state index in [4.69, 9.17) is 11.6 Å². The topological polar surface area (TPSA) is 58.2 Å². The first-order valence-electron chi connectivity index (χ1n) is 10.5. The summed E-state index contributed by atoms with van der Waals surface area (Å²) in [5.74, 6) is -5.15. The van der Waals surface area contributed by atoms with Crippen LogP contribution in [0.5, 0.6) is 0 Å². The fourth-order valence-electron chi connectivity index (χ4n) is 3.25. The number of rotatable bonds is 7. The summed E-state index contributed by atoms with van der Waals surface area (Å²) in [4.78, 5) is 23.8. The van der Waals surface area contributed by atoms with E-state index in [-0.39, 0.29) is 25.1 Å². The van der Waals surface area contributed by atoms with Crippen molar-refractivity contribution in [3.63, 3.8) is 0 Å². The van der Waals surface area contributed by atoms with E-state index in [9.17, 15) is 49.1 Å². The maximum atomic E-state index is 13.8. The smallest absolute Gasteiger partial charge is 0.336 e. The third-order valence-electron chi connectivity index (χ3n) is 4.88. The lowest BCUT2D eigenvalue weighted by Crippen LogP contribution is -2.47.